The van der Waals surface area contributed by atoms with Gasteiger partial charge in [-0.05, 0) is 48.7 Å². The van der Waals surface area contributed by atoms with Crippen molar-refractivity contribution in [2.24, 2.45) is 5.92 Å². The highest BCUT2D eigenvalue weighted by Gasteiger charge is 2.66. The van der Waals surface area contributed by atoms with E-state index >= 15 is 0 Å². The summed E-state index contributed by atoms with van der Waals surface area (Å²) in [5, 5.41) is 11.1. The molecule has 0 aliphatic carbocycles. The van der Waals surface area contributed by atoms with Crippen molar-refractivity contribution in [3.63, 3.8) is 0 Å². The van der Waals surface area contributed by atoms with Gasteiger partial charge in [-0.25, -0.2) is 4.79 Å². The van der Waals surface area contributed by atoms with E-state index in [1.165, 1.54) is 5.19 Å². The minimum Gasteiger partial charge on any atom is -0.497 e. The standard InChI is InChI=1S/C32H41N3O7Si/c1-20-29(43(4,5)24-11-9-23(40-3)10-12-24)27(18-28(37)34-14-6-7-22(34)19-36)42-32(20)25-17-21(35-15-16-41-31(35)39)8-13-26(25)33(2)30(32)38/h8-13,17,20,22,27,29,36H,6-7,14-16,18-19H2,1-5H3/t20-,22+,27+,29-,32+/m1/s1. The van der Waals surface area contributed by atoms with E-state index in [0.29, 0.717) is 25.4 Å². The van der Waals surface area contributed by atoms with Gasteiger partial charge in [-0.2, -0.15) is 0 Å². The zero-order chi connectivity index (χ0) is 30.7. The summed E-state index contributed by atoms with van der Waals surface area (Å²) >= 11 is 0. The molecular formula is C32H41N3O7Si. The van der Waals surface area contributed by atoms with Crippen LogP contribution in [0.25, 0.3) is 0 Å². The van der Waals surface area contributed by atoms with E-state index in [-0.39, 0.29) is 42.3 Å². The molecule has 5 atom stereocenters. The van der Waals surface area contributed by atoms with Gasteiger partial charge in [0.2, 0.25) is 5.91 Å². The van der Waals surface area contributed by atoms with Gasteiger partial charge < -0.3 is 29.1 Å². The Morgan fingerprint density at radius 1 is 1.14 bits per heavy atom. The first-order valence-electron chi connectivity index (χ1n) is 15.1. The third-order valence-electron chi connectivity index (χ3n) is 10.3. The molecule has 0 saturated carbocycles. The van der Waals surface area contributed by atoms with Gasteiger partial charge in [0.15, 0.2) is 5.60 Å². The maximum Gasteiger partial charge on any atom is 0.414 e. The molecule has 0 unspecified atom stereocenters. The summed E-state index contributed by atoms with van der Waals surface area (Å²) in [4.78, 5) is 45.6. The number of likely N-dealkylation sites (N-methyl/N-ethyl adjacent to an activating group) is 1. The SMILES string of the molecule is COc1ccc([Si](C)(C)[C@H]2[C@H](CC(=O)N3CCC[C@H]3CO)O[C@@]3(C(=O)N(C)c4ccc(N5CCOC5=O)cc43)[C@@H]2C)cc1. The predicted molar refractivity (Wildman–Crippen MR) is 165 cm³/mol. The third-order valence-corrected chi connectivity index (χ3v) is 14.7. The Bertz CT molecular complexity index is 1430. The van der Waals surface area contributed by atoms with Crippen molar-refractivity contribution in [3.05, 3.63) is 48.0 Å². The monoisotopic (exact) mass is 607 g/mol. The van der Waals surface area contributed by atoms with Gasteiger partial charge in [0.1, 0.15) is 12.4 Å². The summed E-state index contributed by atoms with van der Waals surface area (Å²) in [6.07, 6.45) is 0.837. The van der Waals surface area contributed by atoms with Crippen LogP contribution in [0, 0.1) is 5.92 Å². The quantitative estimate of drug-likeness (QED) is 0.482. The molecule has 230 valence electrons. The van der Waals surface area contributed by atoms with Crippen molar-refractivity contribution < 1.29 is 33.7 Å². The highest BCUT2D eigenvalue weighted by Crippen LogP contribution is 2.60. The lowest BCUT2D eigenvalue weighted by Gasteiger charge is -2.37. The second kappa shape index (κ2) is 10.9. The van der Waals surface area contributed by atoms with Crippen molar-refractivity contribution in [1.29, 1.82) is 0 Å². The first kappa shape index (κ1) is 29.6. The molecular weight excluding hydrogens is 566 g/mol. The second-order valence-corrected chi connectivity index (χ2v) is 17.4. The van der Waals surface area contributed by atoms with Gasteiger partial charge in [0.25, 0.3) is 5.91 Å². The normalized spacial score (nSPS) is 28.7. The lowest BCUT2D eigenvalue weighted by atomic mass is 9.82. The van der Waals surface area contributed by atoms with E-state index in [1.54, 1.807) is 28.9 Å². The Morgan fingerprint density at radius 3 is 2.53 bits per heavy atom. The molecule has 4 heterocycles. The van der Waals surface area contributed by atoms with E-state index in [4.69, 9.17) is 14.2 Å². The Labute approximate surface area is 253 Å². The van der Waals surface area contributed by atoms with Crippen LogP contribution in [0.5, 0.6) is 5.75 Å². The number of cyclic esters (lactones) is 1. The molecule has 1 spiro atoms. The molecule has 11 heteroatoms. The summed E-state index contributed by atoms with van der Waals surface area (Å²) in [5.41, 5.74) is 0.715. The van der Waals surface area contributed by atoms with Crippen molar-refractivity contribution in [3.8, 4) is 5.75 Å². The van der Waals surface area contributed by atoms with Gasteiger partial charge in [0.05, 0.1) is 52.6 Å². The number of aliphatic hydroxyl groups is 1. The fourth-order valence-electron chi connectivity index (χ4n) is 8.05. The molecule has 0 aromatic heterocycles. The molecule has 43 heavy (non-hydrogen) atoms. The predicted octanol–water partition coefficient (Wildman–Crippen LogP) is 3.22. The first-order chi connectivity index (χ1) is 20.5. The third kappa shape index (κ3) is 4.55. The largest absolute Gasteiger partial charge is 0.497 e. The van der Waals surface area contributed by atoms with Crippen LogP contribution in [0.2, 0.25) is 18.6 Å². The van der Waals surface area contributed by atoms with E-state index in [1.807, 2.05) is 30.3 Å². The van der Waals surface area contributed by atoms with Crippen molar-refractivity contribution in [1.82, 2.24) is 4.90 Å². The molecule has 3 amide bonds. The van der Waals surface area contributed by atoms with Crippen LogP contribution in [0.3, 0.4) is 0 Å². The maximum absolute atomic E-state index is 14.3. The Hall–Kier alpha value is -3.41. The van der Waals surface area contributed by atoms with Crippen LogP contribution in [0.15, 0.2) is 42.5 Å². The summed E-state index contributed by atoms with van der Waals surface area (Å²) in [6.45, 7) is 7.94. The van der Waals surface area contributed by atoms with Gasteiger partial charge in [-0.1, -0.05) is 37.3 Å². The number of nitrogens with zero attached hydrogens (tertiary/aromatic N) is 3. The van der Waals surface area contributed by atoms with Crippen LogP contribution < -0.4 is 19.7 Å². The highest BCUT2D eigenvalue weighted by atomic mass is 28.3. The van der Waals surface area contributed by atoms with Crippen LogP contribution in [-0.2, 0) is 24.7 Å². The van der Waals surface area contributed by atoms with Crippen molar-refractivity contribution >= 4 is 42.5 Å². The average molecular weight is 608 g/mol. The molecule has 10 nitrogen and oxygen atoms in total. The summed E-state index contributed by atoms with van der Waals surface area (Å²) < 4.78 is 17.6. The van der Waals surface area contributed by atoms with E-state index in [0.717, 1.165) is 29.8 Å². The van der Waals surface area contributed by atoms with Crippen LogP contribution >= 0.6 is 0 Å². The molecule has 2 aromatic carbocycles. The average Bonchev–Trinajstić information content (AvgIpc) is 3.76. The lowest BCUT2D eigenvalue weighted by molar-refractivity contribution is -0.149. The van der Waals surface area contributed by atoms with Gasteiger partial charge in [0, 0.05) is 30.8 Å². The second-order valence-electron chi connectivity index (χ2n) is 12.8. The smallest absolute Gasteiger partial charge is 0.414 e. The minimum absolute atomic E-state index is 0.0529. The number of anilines is 2. The molecule has 1 N–H and O–H groups in total. The molecule has 3 saturated heterocycles. The minimum atomic E-state index is -2.41. The van der Waals surface area contributed by atoms with Crippen LogP contribution in [0.4, 0.5) is 16.2 Å². The zero-order valence-electron chi connectivity index (χ0n) is 25.5. The van der Waals surface area contributed by atoms with E-state index < -0.39 is 25.9 Å². The molecule has 4 aliphatic heterocycles. The summed E-state index contributed by atoms with van der Waals surface area (Å²) in [6, 6.07) is 13.5. The zero-order valence-corrected chi connectivity index (χ0v) is 26.5. The number of methoxy groups -OCH3 is 1. The molecule has 0 radical (unpaired) electrons. The molecule has 3 fully saturated rings. The molecule has 4 aliphatic rings. The number of ether oxygens (including phenoxy) is 3. The van der Waals surface area contributed by atoms with E-state index in [9.17, 15) is 19.5 Å². The number of fused-ring (bicyclic) bond motifs is 2. The van der Waals surface area contributed by atoms with Crippen LogP contribution in [-0.4, -0.2) is 88.6 Å². The number of hydrogen-bond donors (Lipinski definition) is 1. The number of amides is 3. The number of aliphatic hydroxyl groups excluding tert-OH is 1. The Morgan fingerprint density at radius 2 is 1.88 bits per heavy atom. The number of carbonyl (C=O) groups excluding carboxylic acids is 3. The van der Waals surface area contributed by atoms with Gasteiger partial charge >= 0.3 is 6.09 Å². The Balaban J connectivity index is 1.44. The number of rotatable bonds is 7. The summed E-state index contributed by atoms with van der Waals surface area (Å²) in [7, 11) is 0.985. The molecule has 6 rings (SSSR count). The van der Waals surface area contributed by atoms with Crippen molar-refractivity contribution in [2.75, 3.05) is 50.3 Å². The van der Waals surface area contributed by atoms with Crippen LogP contribution in [0.1, 0.15) is 31.7 Å². The fraction of sp³-hybridized carbons (Fsp3) is 0.531. The topological polar surface area (TPSA) is 109 Å². The first-order valence-corrected chi connectivity index (χ1v) is 18.2. The lowest BCUT2D eigenvalue weighted by Crippen LogP contribution is -2.52. The van der Waals surface area contributed by atoms with E-state index in [2.05, 4.69) is 32.2 Å². The highest BCUT2D eigenvalue weighted by molar-refractivity contribution is 6.91. The van der Waals surface area contributed by atoms with Crippen molar-refractivity contribution in [2.45, 2.75) is 62.6 Å². The van der Waals surface area contributed by atoms with Gasteiger partial charge in [-0.3, -0.25) is 14.5 Å². The Kier molecular flexibility index (Phi) is 7.54. The molecule has 0 bridgehead atoms. The number of carbonyl (C=O) groups is 3. The number of hydrogen-bond acceptors (Lipinski definition) is 7. The fourth-order valence-corrected chi connectivity index (χ4v) is 12.1. The van der Waals surface area contributed by atoms with Gasteiger partial charge in [-0.15, -0.1) is 0 Å². The molecule has 2 aromatic rings. The number of benzene rings is 2. The summed E-state index contributed by atoms with van der Waals surface area (Å²) in [5.74, 6) is 0.289. The maximum atomic E-state index is 14.3. The number of likely N-dealkylation sites (tertiary alicyclic amines) is 1.